The van der Waals surface area contributed by atoms with Crippen molar-refractivity contribution < 1.29 is 4.74 Å². The number of nitrogens with one attached hydrogen (secondary N) is 1. The van der Waals surface area contributed by atoms with E-state index in [2.05, 4.69) is 37.8 Å². The fourth-order valence-electron chi connectivity index (χ4n) is 3.44. The van der Waals surface area contributed by atoms with Crippen molar-refractivity contribution in [2.24, 2.45) is 5.92 Å². The van der Waals surface area contributed by atoms with Gasteiger partial charge in [0.25, 0.3) is 0 Å². The van der Waals surface area contributed by atoms with E-state index in [-0.39, 0.29) is 5.60 Å². The molecule has 2 fully saturated rings. The van der Waals surface area contributed by atoms with Crippen molar-refractivity contribution in [1.82, 2.24) is 5.32 Å². The lowest BCUT2D eigenvalue weighted by Crippen LogP contribution is -2.50. The lowest BCUT2D eigenvalue weighted by Gasteiger charge is -2.44. The maximum Gasteiger partial charge on any atom is 0.0713 e. The zero-order valence-electron chi connectivity index (χ0n) is 12.2. The van der Waals surface area contributed by atoms with Crippen LogP contribution < -0.4 is 5.32 Å². The Morgan fingerprint density at radius 1 is 1.28 bits per heavy atom. The number of hydrogen-bond donors (Lipinski definition) is 1. The van der Waals surface area contributed by atoms with Gasteiger partial charge in [-0.1, -0.05) is 13.8 Å². The summed E-state index contributed by atoms with van der Waals surface area (Å²) >= 11 is 2.09. The average Bonchev–Trinajstić information content (AvgIpc) is 2.28. The molecule has 2 heterocycles. The summed E-state index contributed by atoms with van der Waals surface area (Å²) < 4.78 is 6.15. The molecule has 0 radical (unpaired) electrons. The molecule has 0 aromatic heterocycles. The van der Waals surface area contributed by atoms with E-state index in [1.165, 1.54) is 43.6 Å². The lowest BCUT2D eigenvalue weighted by atomic mass is 9.85. The van der Waals surface area contributed by atoms with Crippen molar-refractivity contribution in [2.75, 3.05) is 18.1 Å². The van der Waals surface area contributed by atoms with Crippen LogP contribution in [0.3, 0.4) is 0 Å². The highest BCUT2D eigenvalue weighted by Crippen LogP contribution is 2.37. The van der Waals surface area contributed by atoms with E-state index in [4.69, 9.17) is 4.74 Å². The van der Waals surface area contributed by atoms with E-state index in [0.717, 1.165) is 12.5 Å². The monoisotopic (exact) mass is 271 g/mol. The van der Waals surface area contributed by atoms with Gasteiger partial charge >= 0.3 is 0 Å². The first-order valence-electron chi connectivity index (χ1n) is 7.57. The molecule has 0 aliphatic carbocycles. The minimum absolute atomic E-state index is 0.221. The highest BCUT2D eigenvalue weighted by molar-refractivity contribution is 7.99. The van der Waals surface area contributed by atoms with Gasteiger partial charge in [-0.05, 0) is 56.5 Å². The highest BCUT2D eigenvalue weighted by Gasteiger charge is 2.38. The van der Waals surface area contributed by atoms with Gasteiger partial charge in [-0.2, -0.15) is 11.8 Å². The summed E-state index contributed by atoms with van der Waals surface area (Å²) in [4.78, 5) is 0. The molecular weight excluding hydrogens is 242 g/mol. The zero-order valence-corrected chi connectivity index (χ0v) is 13.0. The molecule has 2 saturated heterocycles. The van der Waals surface area contributed by atoms with Crippen molar-refractivity contribution in [3.63, 3.8) is 0 Å². The lowest BCUT2D eigenvalue weighted by molar-refractivity contribution is -0.0941. The average molecular weight is 271 g/mol. The van der Waals surface area contributed by atoms with Gasteiger partial charge in [-0.3, -0.25) is 0 Å². The van der Waals surface area contributed by atoms with Crippen molar-refractivity contribution in [3.05, 3.63) is 0 Å². The van der Waals surface area contributed by atoms with Crippen LogP contribution in [-0.4, -0.2) is 35.8 Å². The largest absolute Gasteiger partial charge is 0.375 e. The number of thioether (sulfide) groups is 1. The Labute approximate surface area is 117 Å². The third-order valence-electron chi connectivity index (χ3n) is 4.24. The Balaban J connectivity index is 1.82. The Kier molecular flexibility index (Phi) is 5.40. The highest BCUT2D eigenvalue weighted by atomic mass is 32.2. The normalized spacial score (nSPS) is 29.7. The SMILES string of the molecule is CC(C)CC(C)NC1CCOC2(CCSCC2)C1. The van der Waals surface area contributed by atoms with Gasteiger partial charge in [-0.15, -0.1) is 0 Å². The van der Waals surface area contributed by atoms with Crippen molar-refractivity contribution in [1.29, 1.82) is 0 Å². The summed E-state index contributed by atoms with van der Waals surface area (Å²) in [5.74, 6) is 3.36. The Morgan fingerprint density at radius 2 is 2.00 bits per heavy atom. The molecule has 0 aromatic rings. The molecule has 2 unspecified atom stereocenters. The van der Waals surface area contributed by atoms with Crippen LogP contribution in [-0.2, 0) is 4.74 Å². The van der Waals surface area contributed by atoms with Crippen molar-refractivity contribution >= 4 is 11.8 Å². The van der Waals surface area contributed by atoms with Gasteiger partial charge < -0.3 is 10.1 Å². The summed E-state index contributed by atoms with van der Waals surface area (Å²) in [5.41, 5.74) is 0.221. The van der Waals surface area contributed by atoms with Crippen LogP contribution in [0.1, 0.15) is 52.9 Å². The predicted octanol–water partition coefficient (Wildman–Crippen LogP) is 3.46. The van der Waals surface area contributed by atoms with Gasteiger partial charge in [0.15, 0.2) is 0 Å². The van der Waals surface area contributed by atoms with Gasteiger partial charge in [0.2, 0.25) is 0 Å². The van der Waals surface area contributed by atoms with E-state index in [1.54, 1.807) is 0 Å². The molecule has 3 heteroatoms. The smallest absolute Gasteiger partial charge is 0.0713 e. The van der Waals surface area contributed by atoms with Crippen LogP contribution in [0.15, 0.2) is 0 Å². The molecular formula is C15H29NOS. The number of hydrogen-bond acceptors (Lipinski definition) is 3. The van der Waals surface area contributed by atoms with Crippen LogP contribution in [0.25, 0.3) is 0 Å². The minimum Gasteiger partial charge on any atom is -0.375 e. The molecule has 0 aromatic carbocycles. The molecule has 1 spiro atoms. The maximum atomic E-state index is 6.15. The maximum absolute atomic E-state index is 6.15. The Morgan fingerprint density at radius 3 is 2.67 bits per heavy atom. The van der Waals surface area contributed by atoms with Crippen molar-refractivity contribution in [3.8, 4) is 0 Å². The molecule has 2 atom stereocenters. The van der Waals surface area contributed by atoms with Crippen molar-refractivity contribution in [2.45, 2.75) is 70.6 Å². The number of ether oxygens (including phenoxy) is 1. The van der Waals surface area contributed by atoms with Gasteiger partial charge in [0.1, 0.15) is 0 Å². The van der Waals surface area contributed by atoms with Gasteiger partial charge in [0.05, 0.1) is 5.60 Å². The fourth-order valence-corrected chi connectivity index (χ4v) is 4.68. The standard InChI is InChI=1S/C15H29NOS/c1-12(2)10-13(3)16-14-4-7-17-15(11-14)5-8-18-9-6-15/h12-14,16H,4-11H2,1-3H3. The van der Waals surface area contributed by atoms with Crippen LogP contribution >= 0.6 is 11.8 Å². The molecule has 2 nitrogen and oxygen atoms in total. The second kappa shape index (κ2) is 6.62. The third kappa shape index (κ3) is 4.14. The molecule has 2 aliphatic rings. The van der Waals surface area contributed by atoms with E-state index in [9.17, 15) is 0 Å². The summed E-state index contributed by atoms with van der Waals surface area (Å²) in [6.45, 7) is 7.90. The summed E-state index contributed by atoms with van der Waals surface area (Å²) in [7, 11) is 0. The second-order valence-corrected chi connectivity index (χ2v) is 7.76. The molecule has 1 N–H and O–H groups in total. The molecule has 0 amide bonds. The quantitative estimate of drug-likeness (QED) is 0.846. The second-order valence-electron chi connectivity index (χ2n) is 6.53. The Bertz CT molecular complexity index is 245. The van der Waals surface area contributed by atoms with E-state index < -0.39 is 0 Å². The van der Waals surface area contributed by atoms with Crippen LogP contribution in [0.2, 0.25) is 0 Å². The van der Waals surface area contributed by atoms with Crippen LogP contribution in [0.4, 0.5) is 0 Å². The third-order valence-corrected chi connectivity index (χ3v) is 5.23. The first kappa shape index (κ1) is 14.7. The molecule has 2 aliphatic heterocycles. The fraction of sp³-hybridized carbons (Fsp3) is 1.00. The first-order valence-corrected chi connectivity index (χ1v) is 8.73. The zero-order chi connectivity index (χ0) is 13.0. The molecule has 0 bridgehead atoms. The summed E-state index contributed by atoms with van der Waals surface area (Å²) in [6, 6.07) is 1.32. The summed E-state index contributed by atoms with van der Waals surface area (Å²) in [6.07, 6.45) is 6.22. The van der Waals surface area contributed by atoms with E-state index >= 15 is 0 Å². The molecule has 18 heavy (non-hydrogen) atoms. The summed E-state index contributed by atoms with van der Waals surface area (Å²) in [5, 5.41) is 3.83. The Hall–Kier alpha value is 0.270. The van der Waals surface area contributed by atoms with Gasteiger partial charge in [-0.25, -0.2) is 0 Å². The molecule has 0 saturated carbocycles. The first-order chi connectivity index (χ1) is 8.60. The van der Waals surface area contributed by atoms with E-state index in [0.29, 0.717) is 12.1 Å². The minimum atomic E-state index is 0.221. The molecule has 106 valence electrons. The van der Waals surface area contributed by atoms with E-state index in [1.807, 2.05) is 0 Å². The van der Waals surface area contributed by atoms with Gasteiger partial charge in [0, 0.05) is 18.7 Å². The van der Waals surface area contributed by atoms with Crippen LogP contribution in [0, 0.1) is 5.92 Å². The predicted molar refractivity (Wildman–Crippen MR) is 80.3 cm³/mol. The molecule has 2 rings (SSSR count). The topological polar surface area (TPSA) is 21.3 Å². The van der Waals surface area contributed by atoms with Crippen LogP contribution in [0.5, 0.6) is 0 Å². The number of rotatable bonds is 4.